The fraction of sp³-hybridized carbons (Fsp3) is 0.250. The SMILES string of the molecule is CC(C)(Nc1ncccc1C(N)=O)c1nccs1. The van der Waals surface area contributed by atoms with Crippen molar-refractivity contribution in [3.05, 3.63) is 40.5 Å². The third-order valence-electron chi connectivity index (χ3n) is 2.47. The molecule has 0 aliphatic rings. The summed E-state index contributed by atoms with van der Waals surface area (Å²) in [5.41, 5.74) is 5.29. The van der Waals surface area contributed by atoms with Gasteiger partial charge in [0.05, 0.1) is 11.1 Å². The van der Waals surface area contributed by atoms with E-state index in [9.17, 15) is 4.79 Å². The Labute approximate surface area is 109 Å². The number of carbonyl (C=O) groups excluding carboxylic acids is 1. The van der Waals surface area contributed by atoms with Crippen LogP contribution in [-0.4, -0.2) is 15.9 Å². The highest BCUT2D eigenvalue weighted by Gasteiger charge is 2.25. The molecule has 0 bridgehead atoms. The number of hydrogen-bond acceptors (Lipinski definition) is 5. The van der Waals surface area contributed by atoms with Crippen molar-refractivity contribution in [1.82, 2.24) is 9.97 Å². The van der Waals surface area contributed by atoms with Crippen LogP contribution in [0.1, 0.15) is 29.2 Å². The lowest BCUT2D eigenvalue weighted by Crippen LogP contribution is -2.30. The lowest BCUT2D eigenvalue weighted by Gasteiger charge is -2.25. The minimum Gasteiger partial charge on any atom is -0.365 e. The molecule has 0 saturated heterocycles. The first-order valence-electron chi connectivity index (χ1n) is 5.43. The van der Waals surface area contributed by atoms with Gasteiger partial charge in [0.25, 0.3) is 5.91 Å². The molecule has 0 spiro atoms. The van der Waals surface area contributed by atoms with Crippen molar-refractivity contribution in [2.24, 2.45) is 5.73 Å². The molecule has 0 aliphatic carbocycles. The second-order valence-electron chi connectivity index (χ2n) is 4.35. The molecule has 6 heteroatoms. The summed E-state index contributed by atoms with van der Waals surface area (Å²) in [6.45, 7) is 3.95. The van der Waals surface area contributed by atoms with Gasteiger partial charge in [-0.3, -0.25) is 4.79 Å². The van der Waals surface area contributed by atoms with Crippen molar-refractivity contribution in [3.8, 4) is 0 Å². The summed E-state index contributed by atoms with van der Waals surface area (Å²) < 4.78 is 0. The Morgan fingerprint density at radius 2 is 2.17 bits per heavy atom. The quantitative estimate of drug-likeness (QED) is 0.882. The average molecular weight is 262 g/mol. The van der Waals surface area contributed by atoms with Gasteiger partial charge in [0.1, 0.15) is 10.8 Å². The lowest BCUT2D eigenvalue weighted by molar-refractivity contribution is 0.100. The Kier molecular flexibility index (Phi) is 3.29. The first-order chi connectivity index (χ1) is 8.50. The lowest BCUT2D eigenvalue weighted by atomic mass is 10.1. The average Bonchev–Trinajstić information content (AvgIpc) is 2.83. The van der Waals surface area contributed by atoms with Crippen LogP contribution in [0.3, 0.4) is 0 Å². The van der Waals surface area contributed by atoms with Crippen LogP contribution < -0.4 is 11.1 Å². The molecule has 0 unspecified atom stereocenters. The summed E-state index contributed by atoms with van der Waals surface area (Å²) in [7, 11) is 0. The molecule has 0 aliphatic heterocycles. The number of primary amides is 1. The van der Waals surface area contributed by atoms with Gasteiger partial charge in [-0.15, -0.1) is 11.3 Å². The molecule has 0 aromatic carbocycles. The Hall–Kier alpha value is -1.95. The molecule has 0 radical (unpaired) electrons. The van der Waals surface area contributed by atoms with Crippen LogP contribution in [0.15, 0.2) is 29.9 Å². The normalized spacial score (nSPS) is 11.2. The molecule has 1 amide bonds. The highest BCUT2D eigenvalue weighted by Crippen LogP contribution is 2.27. The van der Waals surface area contributed by atoms with Crippen LogP contribution in [-0.2, 0) is 5.54 Å². The molecule has 0 atom stereocenters. The Morgan fingerprint density at radius 3 is 2.78 bits per heavy atom. The minimum atomic E-state index is -0.500. The second kappa shape index (κ2) is 4.73. The first kappa shape index (κ1) is 12.5. The number of pyridine rings is 1. The van der Waals surface area contributed by atoms with Gasteiger partial charge in [-0.2, -0.15) is 0 Å². The maximum atomic E-state index is 11.3. The van der Waals surface area contributed by atoms with E-state index in [2.05, 4.69) is 15.3 Å². The van der Waals surface area contributed by atoms with E-state index in [4.69, 9.17) is 5.73 Å². The zero-order chi connectivity index (χ0) is 13.2. The van der Waals surface area contributed by atoms with Crippen molar-refractivity contribution in [2.45, 2.75) is 19.4 Å². The van der Waals surface area contributed by atoms with Gasteiger partial charge in [0.2, 0.25) is 0 Å². The number of nitrogens with zero attached hydrogens (tertiary/aromatic N) is 2. The van der Waals surface area contributed by atoms with Crippen LogP contribution >= 0.6 is 11.3 Å². The van der Waals surface area contributed by atoms with E-state index in [1.54, 1.807) is 35.9 Å². The predicted molar refractivity (Wildman–Crippen MR) is 71.5 cm³/mol. The topological polar surface area (TPSA) is 80.9 Å². The summed E-state index contributed by atoms with van der Waals surface area (Å²) >= 11 is 1.55. The number of nitrogens with one attached hydrogen (secondary N) is 1. The number of hydrogen-bond donors (Lipinski definition) is 2. The van der Waals surface area contributed by atoms with Crippen molar-refractivity contribution < 1.29 is 4.79 Å². The molecule has 0 saturated carbocycles. The highest BCUT2D eigenvalue weighted by molar-refractivity contribution is 7.09. The summed E-state index contributed by atoms with van der Waals surface area (Å²) in [6, 6.07) is 3.33. The van der Waals surface area contributed by atoms with Gasteiger partial charge >= 0.3 is 0 Å². The number of thiazole rings is 1. The standard InChI is InChI=1S/C12H14N4OS/c1-12(2,11-15-6-7-18-11)16-10-8(9(13)17)4-3-5-14-10/h3-7H,1-2H3,(H2,13,17)(H,14,16). The molecular formula is C12H14N4OS. The zero-order valence-corrected chi connectivity index (χ0v) is 11.0. The first-order valence-corrected chi connectivity index (χ1v) is 6.31. The third-order valence-corrected chi connectivity index (χ3v) is 3.57. The highest BCUT2D eigenvalue weighted by atomic mass is 32.1. The molecule has 5 nitrogen and oxygen atoms in total. The van der Waals surface area contributed by atoms with Crippen LogP contribution in [0.25, 0.3) is 0 Å². The number of nitrogens with two attached hydrogens (primary N) is 1. The summed E-state index contributed by atoms with van der Waals surface area (Å²) in [4.78, 5) is 19.8. The molecule has 3 N–H and O–H groups in total. The van der Waals surface area contributed by atoms with Gasteiger partial charge in [0.15, 0.2) is 0 Å². The van der Waals surface area contributed by atoms with Gasteiger partial charge in [-0.25, -0.2) is 9.97 Å². The van der Waals surface area contributed by atoms with Crippen LogP contribution in [0.2, 0.25) is 0 Å². The Balaban J connectivity index is 2.32. The molecule has 94 valence electrons. The van der Waals surface area contributed by atoms with Crippen molar-refractivity contribution >= 4 is 23.1 Å². The summed E-state index contributed by atoms with van der Waals surface area (Å²) in [6.07, 6.45) is 3.36. The van der Waals surface area contributed by atoms with E-state index in [1.807, 2.05) is 19.2 Å². The van der Waals surface area contributed by atoms with Crippen molar-refractivity contribution in [2.75, 3.05) is 5.32 Å². The smallest absolute Gasteiger partial charge is 0.252 e. The van der Waals surface area contributed by atoms with Gasteiger partial charge in [-0.05, 0) is 26.0 Å². The van der Waals surface area contributed by atoms with E-state index in [1.165, 1.54) is 0 Å². The van der Waals surface area contributed by atoms with Gasteiger partial charge < -0.3 is 11.1 Å². The maximum Gasteiger partial charge on any atom is 0.252 e. The Bertz CT molecular complexity index is 551. The molecule has 0 fully saturated rings. The minimum absolute atomic E-state index is 0.377. The third kappa shape index (κ3) is 2.48. The maximum absolute atomic E-state index is 11.3. The molecule has 2 aromatic heterocycles. The largest absolute Gasteiger partial charge is 0.365 e. The van der Waals surface area contributed by atoms with Crippen molar-refractivity contribution in [3.63, 3.8) is 0 Å². The van der Waals surface area contributed by atoms with E-state index < -0.39 is 11.4 Å². The number of aromatic nitrogens is 2. The molecular weight excluding hydrogens is 248 g/mol. The van der Waals surface area contributed by atoms with Gasteiger partial charge in [-0.1, -0.05) is 0 Å². The van der Waals surface area contributed by atoms with Gasteiger partial charge in [0, 0.05) is 17.8 Å². The summed E-state index contributed by atoms with van der Waals surface area (Å²) in [5, 5.41) is 6.04. The second-order valence-corrected chi connectivity index (χ2v) is 5.25. The van der Waals surface area contributed by atoms with E-state index in [0.29, 0.717) is 11.4 Å². The Morgan fingerprint density at radius 1 is 1.39 bits per heavy atom. The predicted octanol–water partition coefficient (Wildman–Crippen LogP) is 1.98. The fourth-order valence-electron chi connectivity index (χ4n) is 1.59. The van der Waals surface area contributed by atoms with Crippen molar-refractivity contribution in [1.29, 1.82) is 0 Å². The van der Waals surface area contributed by atoms with E-state index in [0.717, 1.165) is 5.01 Å². The molecule has 2 heterocycles. The number of amides is 1. The molecule has 18 heavy (non-hydrogen) atoms. The molecule has 2 aromatic rings. The van der Waals surface area contributed by atoms with E-state index in [-0.39, 0.29) is 0 Å². The number of carbonyl (C=O) groups is 1. The van der Waals surface area contributed by atoms with Crippen LogP contribution in [0, 0.1) is 0 Å². The van der Waals surface area contributed by atoms with E-state index >= 15 is 0 Å². The van der Waals surface area contributed by atoms with Crippen LogP contribution in [0.4, 0.5) is 5.82 Å². The number of anilines is 1. The number of rotatable bonds is 4. The zero-order valence-electron chi connectivity index (χ0n) is 10.2. The van der Waals surface area contributed by atoms with Crippen LogP contribution in [0.5, 0.6) is 0 Å². The monoisotopic (exact) mass is 262 g/mol. The summed E-state index contributed by atoms with van der Waals surface area (Å²) in [5.74, 6) is -0.0225. The molecule has 2 rings (SSSR count). The fourth-order valence-corrected chi connectivity index (χ4v) is 2.30.